The third-order valence-electron chi connectivity index (χ3n) is 2.44. The van der Waals surface area contributed by atoms with Gasteiger partial charge in [-0.1, -0.05) is 18.0 Å². The Hall–Kier alpha value is -1.12. The molecule has 1 aliphatic rings. The second-order valence-electron chi connectivity index (χ2n) is 3.25. The predicted molar refractivity (Wildman–Crippen MR) is 43.1 cm³/mol. The maximum Gasteiger partial charge on any atom is 0.199 e. The van der Waals surface area contributed by atoms with Gasteiger partial charge in [-0.15, -0.1) is 0 Å². The SMILES string of the molecule is O=Cc1cc(C2CCCC2)no1. The molecule has 0 amide bonds. The highest BCUT2D eigenvalue weighted by Gasteiger charge is 2.20. The summed E-state index contributed by atoms with van der Waals surface area (Å²) in [5.41, 5.74) is 0.953. The zero-order valence-corrected chi connectivity index (χ0v) is 6.82. The van der Waals surface area contributed by atoms with Gasteiger partial charge in [0.05, 0.1) is 5.69 Å². The van der Waals surface area contributed by atoms with E-state index in [0.717, 1.165) is 5.69 Å². The molecule has 1 fully saturated rings. The molecule has 64 valence electrons. The van der Waals surface area contributed by atoms with Crippen molar-refractivity contribution in [1.29, 1.82) is 0 Å². The van der Waals surface area contributed by atoms with Gasteiger partial charge in [-0.05, 0) is 12.8 Å². The molecule has 0 aromatic carbocycles. The van der Waals surface area contributed by atoms with Crippen LogP contribution in [0.25, 0.3) is 0 Å². The molecule has 0 radical (unpaired) electrons. The first-order valence-corrected chi connectivity index (χ1v) is 4.32. The van der Waals surface area contributed by atoms with Crippen LogP contribution < -0.4 is 0 Å². The van der Waals surface area contributed by atoms with Gasteiger partial charge in [-0.25, -0.2) is 0 Å². The number of nitrogens with zero attached hydrogens (tertiary/aromatic N) is 1. The van der Waals surface area contributed by atoms with Gasteiger partial charge in [-0.2, -0.15) is 0 Å². The Balaban J connectivity index is 2.16. The highest BCUT2D eigenvalue weighted by atomic mass is 16.5. The number of aldehydes is 1. The summed E-state index contributed by atoms with van der Waals surface area (Å²) in [6, 6.07) is 1.75. The number of hydrogen-bond donors (Lipinski definition) is 0. The molecule has 0 unspecified atom stereocenters. The molecule has 0 spiro atoms. The van der Waals surface area contributed by atoms with Gasteiger partial charge in [0, 0.05) is 12.0 Å². The molecule has 0 aliphatic heterocycles. The number of rotatable bonds is 2. The summed E-state index contributed by atoms with van der Waals surface area (Å²) >= 11 is 0. The Labute approximate surface area is 70.7 Å². The third-order valence-corrected chi connectivity index (χ3v) is 2.44. The van der Waals surface area contributed by atoms with E-state index in [0.29, 0.717) is 18.0 Å². The average Bonchev–Trinajstić information content (AvgIpc) is 2.75. The topological polar surface area (TPSA) is 43.1 Å². The van der Waals surface area contributed by atoms with Gasteiger partial charge in [0.2, 0.25) is 0 Å². The lowest BCUT2D eigenvalue weighted by atomic mass is 10.0. The summed E-state index contributed by atoms with van der Waals surface area (Å²) in [6.07, 6.45) is 5.61. The van der Waals surface area contributed by atoms with Crippen molar-refractivity contribution < 1.29 is 9.32 Å². The van der Waals surface area contributed by atoms with E-state index >= 15 is 0 Å². The first-order chi connectivity index (χ1) is 5.90. The molecule has 1 aromatic rings. The number of hydrogen-bond acceptors (Lipinski definition) is 3. The van der Waals surface area contributed by atoms with E-state index in [1.807, 2.05) is 0 Å². The normalized spacial score (nSPS) is 18.3. The van der Waals surface area contributed by atoms with Crippen LogP contribution in [0, 0.1) is 0 Å². The molecule has 0 saturated heterocycles. The van der Waals surface area contributed by atoms with Gasteiger partial charge < -0.3 is 4.52 Å². The molecule has 1 saturated carbocycles. The van der Waals surface area contributed by atoms with Crippen LogP contribution in [0.5, 0.6) is 0 Å². The van der Waals surface area contributed by atoms with E-state index in [2.05, 4.69) is 5.16 Å². The second-order valence-corrected chi connectivity index (χ2v) is 3.25. The van der Waals surface area contributed by atoms with Crippen LogP contribution in [0.1, 0.15) is 47.8 Å². The number of carbonyl (C=O) groups excluding carboxylic acids is 1. The van der Waals surface area contributed by atoms with Crippen molar-refractivity contribution in [3.8, 4) is 0 Å². The fourth-order valence-corrected chi connectivity index (χ4v) is 1.77. The smallest absolute Gasteiger partial charge is 0.199 e. The van der Waals surface area contributed by atoms with Crippen LogP contribution in [0.3, 0.4) is 0 Å². The fourth-order valence-electron chi connectivity index (χ4n) is 1.77. The summed E-state index contributed by atoms with van der Waals surface area (Å²) in [5, 5.41) is 3.86. The largest absolute Gasteiger partial charge is 0.353 e. The van der Waals surface area contributed by atoms with Gasteiger partial charge in [0.15, 0.2) is 12.0 Å². The molecule has 3 nitrogen and oxygen atoms in total. The van der Waals surface area contributed by atoms with Crippen LogP contribution in [0.2, 0.25) is 0 Å². The number of aromatic nitrogens is 1. The first-order valence-electron chi connectivity index (χ1n) is 4.32. The minimum Gasteiger partial charge on any atom is -0.353 e. The van der Waals surface area contributed by atoms with Crippen molar-refractivity contribution in [2.75, 3.05) is 0 Å². The van der Waals surface area contributed by atoms with Crippen molar-refractivity contribution in [2.45, 2.75) is 31.6 Å². The quantitative estimate of drug-likeness (QED) is 0.630. The van der Waals surface area contributed by atoms with Crippen molar-refractivity contribution in [3.63, 3.8) is 0 Å². The van der Waals surface area contributed by atoms with E-state index in [1.165, 1.54) is 25.7 Å². The van der Waals surface area contributed by atoms with Crippen LogP contribution in [-0.2, 0) is 0 Å². The second kappa shape index (κ2) is 3.09. The molecule has 12 heavy (non-hydrogen) atoms. The molecule has 1 aromatic heterocycles. The molecule has 1 aliphatic carbocycles. The molecule has 0 N–H and O–H groups in total. The van der Waals surface area contributed by atoms with Crippen molar-refractivity contribution in [3.05, 3.63) is 17.5 Å². The summed E-state index contributed by atoms with van der Waals surface area (Å²) in [7, 11) is 0. The Kier molecular flexibility index (Phi) is 1.94. The molecular formula is C9H11NO2. The van der Waals surface area contributed by atoms with E-state index in [1.54, 1.807) is 6.07 Å². The summed E-state index contributed by atoms with van der Waals surface area (Å²) in [4.78, 5) is 10.3. The zero-order valence-electron chi connectivity index (χ0n) is 6.82. The Morgan fingerprint density at radius 2 is 2.25 bits per heavy atom. The summed E-state index contributed by atoms with van der Waals surface area (Å²) < 4.78 is 4.81. The average molecular weight is 165 g/mol. The lowest BCUT2D eigenvalue weighted by Crippen LogP contribution is -1.90. The lowest BCUT2D eigenvalue weighted by Gasteiger charge is -2.00. The maximum atomic E-state index is 10.3. The molecule has 2 rings (SSSR count). The maximum absolute atomic E-state index is 10.3. The Morgan fingerprint density at radius 1 is 1.50 bits per heavy atom. The molecule has 0 atom stereocenters. The minimum atomic E-state index is 0.344. The van der Waals surface area contributed by atoms with Crippen LogP contribution in [0.4, 0.5) is 0 Å². The van der Waals surface area contributed by atoms with Crippen molar-refractivity contribution in [2.24, 2.45) is 0 Å². The van der Waals surface area contributed by atoms with Gasteiger partial charge in [-0.3, -0.25) is 4.79 Å². The highest BCUT2D eigenvalue weighted by molar-refractivity contribution is 5.70. The molecule has 1 heterocycles. The van der Waals surface area contributed by atoms with E-state index in [9.17, 15) is 4.79 Å². The van der Waals surface area contributed by atoms with Gasteiger partial charge in [0.25, 0.3) is 0 Å². The zero-order chi connectivity index (χ0) is 8.39. The summed E-state index contributed by atoms with van der Waals surface area (Å²) in [5.74, 6) is 0.874. The molecular weight excluding hydrogens is 154 g/mol. The number of carbonyl (C=O) groups is 1. The highest BCUT2D eigenvalue weighted by Crippen LogP contribution is 2.33. The third kappa shape index (κ3) is 1.26. The summed E-state index contributed by atoms with van der Waals surface area (Å²) in [6.45, 7) is 0. The Bertz CT molecular complexity index is 274. The lowest BCUT2D eigenvalue weighted by molar-refractivity contribution is 0.109. The van der Waals surface area contributed by atoms with Gasteiger partial charge in [0.1, 0.15) is 0 Å². The van der Waals surface area contributed by atoms with Crippen molar-refractivity contribution >= 4 is 6.29 Å². The molecule has 0 bridgehead atoms. The predicted octanol–water partition coefficient (Wildman–Crippen LogP) is 2.14. The van der Waals surface area contributed by atoms with E-state index < -0.39 is 0 Å². The Morgan fingerprint density at radius 3 is 2.83 bits per heavy atom. The van der Waals surface area contributed by atoms with E-state index in [4.69, 9.17) is 4.52 Å². The van der Waals surface area contributed by atoms with Crippen molar-refractivity contribution in [1.82, 2.24) is 5.16 Å². The van der Waals surface area contributed by atoms with Crippen LogP contribution in [-0.4, -0.2) is 11.4 Å². The fraction of sp³-hybridized carbons (Fsp3) is 0.556. The standard InChI is InChI=1S/C9H11NO2/c11-6-8-5-9(10-12-8)7-3-1-2-4-7/h5-7H,1-4H2. The first kappa shape index (κ1) is 7.53. The molecule has 3 heteroatoms. The van der Waals surface area contributed by atoms with E-state index in [-0.39, 0.29) is 0 Å². The monoisotopic (exact) mass is 165 g/mol. The van der Waals surface area contributed by atoms with Gasteiger partial charge >= 0.3 is 0 Å². The minimum absolute atomic E-state index is 0.344. The van der Waals surface area contributed by atoms with Crippen LogP contribution >= 0.6 is 0 Å². The van der Waals surface area contributed by atoms with Crippen LogP contribution in [0.15, 0.2) is 10.6 Å².